The lowest BCUT2D eigenvalue weighted by Crippen LogP contribution is -2.41. The van der Waals surface area contributed by atoms with Crippen molar-refractivity contribution in [3.05, 3.63) is 71.2 Å². The Balaban J connectivity index is 2.09. The van der Waals surface area contributed by atoms with Gasteiger partial charge in [0.2, 0.25) is 12.0 Å². The van der Waals surface area contributed by atoms with Crippen LogP contribution < -0.4 is 9.47 Å². The molecule has 0 aliphatic rings. The zero-order chi connectivity index (χ0) is 28.9. The summed E-state index contributed by atoms with van der Waals surface area (Å²) >= 11 is 0. The lowest BCUT2D eigenvalue weighted by Gasteiger charge is -2.23. The quantitative estimate of drug-likeness (QED) is 0.317. The third-order valence-corrected chi connectivity index (χ3v) is 6.07. The fourth-order valence-electron chi connectivity index (χ4n) is 4.11. The monoisotopic (exact) mass is 543 g/mol. The van der Waals surface area contributed by atoms with Gasteiger partial charge < -0.3 is 29.7 Å². The first-order chi connectivity index (χ1) is 18.4. The number of aliphatic carboxylic acids is 1. The Morgan fingerprint density at radius 1 is 1.05 bits per heavy atom. The number of carboxylic acid groups (broad SMARTS) is 1. The van der Waals surface area contributed by atoms with Crippen LogP contribution in [0.15, 0.2) is 48.5 Å². The summed E-state index contributed by atoms with van der Waals surface area (Å²) in [6, 6.07) is 12.5. The maximum absolute atomic E-state index is 13.7. The first-order valence-corrected chi connectivity index (χ1v) is 12.5. The molecule has 11 heteroatoms. The Morgan fingerprint density at radius 2 is 1.67 bits per heavy atom. The Labute approximate surface area is 226 Å². The molecule has 0 fully saturated rings. The van der Waals surface area contributed by atoms with Gasteiger partial charge in [-0.2, -0.15) is 5.10 Å². The highest BCUT2D eigenvalue weighted by atomic mass is 19.1. The van der Waals surface area contributed by atoms with Crippen molar-refractivity contribution >= 4 is 11.9 Å². The van der Waals surface area contributed by atoms with Crippen LogP contribution in [0.3, 0.4) is 0 Å². The van der Waals surface area contributed by atoms with Crippen LogP contribution in [-0.4, -0.2) is 74.3 Å². The predicted molar refractivity (Wildman–Crippen MR) is 141 cm³/mol. The summed E-state index contributed by atoms with van der Waals surface area (Å²) < 4.78 is 26.0. The van der Waals surface area contributed by atoms with Gasteiger partial charge in [-0.05, 0) is 54.8 Å². The van der Waals surface area contributed by atoms with Gasteiger partial charge in [-0.25, -0.2) is 13.9 Å². The van der Waals surface area contributed by atoms with Gasteiger partial charge in [-0.15, -0.1) is 0 Å². The van der Waals surface area contributed by atoms with Crippen LogP contribution in [0.1, 0.15) is 54.7 Å². The van der Waals surface area contributed by atoms with E-state index in [2.05, 4.69) is 5.10 Å². The van der Waals surface area contributed by atoms with Crippen LogP contribution in [0.4, 0.5) is 4.39 Å². The number of amides is 1. The summed E-state index contributed by atoms with van der Waals surface area (Å²) in [5.74, 6) is -2.16. The standard InChI is InChI=1S/C28H34FN3O7/c1-16(2)23-24(26(35)31(4)15-18-6-12-21(38-5)13-7-18)30-32(20-10-8-19(29)9-11-20)27(23)39-25(28(36)37)22(34)14-17(3)33/h6-13,16-17,22,25,33-34H,14-15H2,1-5H3,(H,36,37)/t17-,22+,25?/m0/s1. The Hall–Kier alpha value is -3.96. The van der Waals surface area contributed by atoms with Crippen LogP contribution in [0, 0.1) is 5.82 Å². The van der Waals surface area contributed by atoms with E-state index < -0.39 is 36.0 Å². The molecule has 0 radical (unpaired) electrons. The molecule has 0 saturated carbocycles. The number of aliphatic hydroxyl groups is 2. The number of hydrogen-bond acceptors (Lipinski definition) is 7. The smallest absolute Gasteiger partial charge is 0.347 e. The molecule has 0 saturated heterocycles. The predicted octanol–water partition coefficient (Wildman–Crippen LogP) is 3.38. The number of benzene rings is 2. The third kappa shape index (κ3) is 7.12. The van der Waals surface area contributed by atoms with E-state index in [1.807, 2.05) is 12.1 Å². The Bertz CT molecular complexity index is 1270. The van der Waals surface area contributed by atoms with Gasteiger partial charge in [0.15, 0.2) is 5.69 Å². The van der Waals surface area contributed by atoms with Crippen molar-refractivity contribution in [2.75, 3.05) is 14.2 Å². The van der Waals surface area contributed by atoms with Crippen LogP contribution in [-0.2, 0) is 11.3 Å². The number of aromatic nitrogens is 2. The van der Waals surface area contributed by atoms with Gasteiger partial charge in [-0.1, -0.05) is 26.0 Å². The van der Waals surface area contributed by atoms with Crippen molar-refractivity contribution in [3.63, 3.8) is 0 Å². The molecule has 10 nitrogen and oxygen atoms in total. The summed E-state index contributed by atoms with van der Waals surface area (Å²) in [6.07, 6.45) is -4.57. The molecule has 3 rings (SSSR count). The summed E-state index contributed by atoms with van der Waals surface area (Å²) in [4.78, 5) is 27.2. The van der Waals surface area contributed by atoms with Gasteiger partial charge in [0.05, 0.1) is 24.5 Å². The summed E-state index contributed by atoms with van der Waals surface area (Å²) in [6.45, 7) is 5.26. The molecule has 3 atom stereocenters. The van der Waals surface area contributed by atoms with E-state index in [1.165, 1.54) is 40.8 Å². The molecule has 1 aromatic heterocycles. The maximum atomic E-state index is 13.7. The largest absolute Gasteiger partial charge is 0.497 e. The molecule has 210 valence electrons. The van der Waals surface area contributed by atoms with Crippen LogP contribution in [0.5, 0.6) is 11.6 Å². The number of ether oxygens (including phenoxy) is 2. The number of nitrogens with zero attached hydrogens (tertiary/aromatic N) is 3. The number of aliphatic hydroxyl groups excluding tert-OH is 2. The number of carbonyl (C=O) groups excluding carboxylic acids is 1. The topological polar surface area (TPSA) is 134 Å². The summed E-state index contributed by atoms with van der Waals surface area (Å²) in [7, 11) is 3.17. The highest BCUT2D eigenvalue weighted by molar-refractivity contribution is 5.94. The highest BCUT2D eigenvalue weighted by Crippen LogP contribution is 2.34. The number of halogens is 1. The molecule has 3 aromatic rings. The van der Waals surface area contributed by atoms with E-state index in [4.69, 9.17) is 9.47 Å². The normalized spacial score (nSPS) is 13.6. The molecule has 2 aromatic carbocycles. The second-order valence-corrected chi connectivity index (χ2v) is 9.65. The summed E-state index contributed by atoms with van der Waals surface area (Å²) in [5.41, 5.74) is 1.51. The first kappa shape index (κ1) is 29.6. The average molecular weight is 544 g/mol. The van der Waals surface area contributed by atoms with Gasteiger partial charge in [0.1, 0.15) is 17.7 Å². The minimum Gasteiger partial charge on any atom is -0.497 e. The van der Waals surface area contributed by atoms with Crippen molar-refractivity contribution in [1.29, 1.82) is 0 Å². The van der Waals surface area contributed by atoms with Crippen LogP contribution in [0.2, 0.25) is 0 Å². The van der Waals surface area contributed by atoms with Gasteiger partial charge in [-0.3, -0.25) is 4.79 Å². The minimum atomic E-state index is -1.77. The molecule has 1 heterocycles. The highest BCUT2D eigenvalue weighted by Gasteiger charge is 2.35. The van der Waals surface area contributed by atoms with E-state index in [0.29, 0.717) is 17.0 Å². The molecular formula is C28H34FN3O7. The van der Waals surface area contributed by atoms with Crippen molar-refractivity contribution in [2.45, 2.75) is 58.0 Å². The fraction of sp³-hybridized carbons (Fsp3) is 0.393. The maximum Gasteiger partial charge on any atom is 0.347 e. The second kappa shape index (κ2) is 12.7. The number of hydrogen-bond donors (Lipinski definition) is 3. The van der Waals surface area contributed by atoms with Crippen molar-refractivity contribution in [1.82, 2.24) is 14.7 Å². The zero-order valence-electron chi connectivity index (χ0n) is 22.5. The van der Waals surface area contributed by atoms with E-state index in [1.54, 1.807) is 40.1 Å². The Morgan fingerprint density at radius 3 is 2.18 bits per heavy atom. The lowest BCUT2D eigenvalue weighted by atomic mass is 10.0. The van der Waals surface area contributed by atoms with E-state index in [-0.39, 0.29) is 30.5 Å². The van der Waals surface area contributed by atoms with Crippen LogP contribution in [0.25, 0.3) is 5.69 Å². The number of carbonyl (C=O) groups is 2. The number of methoxy groups -OCH3 is 1. The van der Waals surface area contributed by atoms with Gasteiger partial charge in [0, 0.05) is 20.0 Å². The van der Waals surface area contributed by atoms with Crippen LogP contribution >= 0.6 is 0 Å². The molecule has 1 unspecified atom stereocenters. The molecule has 0 aliphatic carbocycles. The molecule has 0 aliphatic heterocycles. The Kier molecular flexibility index (Phi) is 9.66. The van der Waals surface area contributed by atoms with E-state index in [0.717, 1.165) is 5.56 Å². The van der Waals surface area contributed by atoms with Gasteiger partial charge >= 0.3 is 5.97 Å². The van der Waals surface area contributed by atoms with E-state index >= 15 is 0 Å². The average Bonchev–Trinajstić information content (AvgIpc) is 3.26. The molecule has 0 bridgehead atoms. The molecule has 1 amide bonds. The van der Waals surface area contributed by atoms with Crippen molar-refractivity contribution in [2.24, 2.45) is 0 Å². The van der Waals surface area contributed by atoms with E-state index in [9.17, 15) is 29.3 Å². The van der Waals surface area contributed by atoms with Crippen molar-refractivity contribution in [3.8, 4) is 17.3 Å². The second-order valence-electron chi connectivity index (χ2n) is 9.65. The summed E-state index contributed by atoms with van der Waals surface area (Å²) in [5, 5.41) is 34.5. The lowest BCUT2D eigenvalue weighted by molar-refractivity contribution is -0.151. The molecular weight excluding hydrogens is 509 g/mol. The SMILES string of the molecule is COc1ccc(CN(C)C(=O)c2nn(-c3ccc(F)cc3)c(OC(C(=O)O)[C@H](O)C[C@H](C)O)c2C(C)C)cc1. The molecule has 0 spiro atoms. The number of rotatable bonds is 12. The molecule has 39 heavy (non-hydrogen) atoms. The molecule has 3 N–H and O–H groups in total. The number of carboxylic acids is 1. The van der Waals surface area contributed by atoms with Crippen molar-refractivity contribution < 1.29 is 38.8 Å². The fourth-order valence-corrected chi connectivity index (χ4v) is 4.11. The first-order valence-electron chi connectivity index (χ1n) is 12.5. The van der Waals surface area contributed by atoms with Gasteiger partial charge in [0.25, 0.3) is 5.91 Å². The minimum absolute atomic E-state index is 0.0227. The zero-order valence-corrected chi connectivity index (χ0v) is 22.5. The third-order valence-electron chi connectivity index (χ3n) is 6.07.